The molecule has 20 heavy (non-hydrogen) atoms. The largest absolute Gasteiger partial charge is 0.370 e. The molecule has 1 aliphatic heterocycles. The van der Waals surface area contributed by atoms with Gasteiger partial charge in [0.05, 0.1) is 0 Å². The number of nitrogens with one attached hydrogen (secondary N) is 1. The molecule has 0 radical (unpaired) electrons. The Bertz CT molecular complexity index is 428. The zero-order valence-corrected chi connectivity index (χ0v) is 13.4. The fraction of sp³-hybridized carbons (Fsp3) is 0.647. The molecule has 0 aromatic heterocycles. The zero-order chi connectivity index (χ0) is 14.5. The Labute approximate surface area is 124 Å². The highest BCUT2D eigenvalue weighted by Crippen LogP contribution is 2.26. The van der Waals surface area contributed by atoms with E-state index in [2.05, 4.69) is 61.3 Å². The SMILES string of the molecule is CCNCc1cc(C)ccc1N1CCCC(N(C)C)C1. The van der Waals surface area contributed by atoms with Crippen molar-refractivity contribution in [2.75, 3.05) is 38.6 Å². The summed E-state index contributed by atoms with van der Waals surface area (Å²) >= 11 is 0. The van der Waals surface area contributed by atoms with E-state index >= 15 is 0 Å². The van der Waals surface area contributed by atoms with Crippen molar-refractivity contribution in [3.05, 3.63) is 29.3 Å². The van der Waals surface area contributed by atoms with Gasteiger partial charge in [0.25, 0.3) is 0 Å². The fourth-order valence-corrected chi connectivity index (χ4v) is 3.02. The van der Waals surface area contributed by atoms with Crippen LogP contribution in [0, 0.1) is 6.92 Å². The van der Waals surface area contributed by atoms with E-state index in [4.69, 9.17) is 0 Å². The van der Waals surface area contributed by atoms with Gasteiger partial charge in [-0.05, 0) is 52.0 Å². The lowest BCUT2D eigenvalue weighted by Gasteiger charge is -2.38. The molecule has 1 unspecified atom stereocenters. The first-order valence-corrected chi connectivity index (χ1v) is 7.83. The molecule has 0 saturated carbocycles. The molecule has 112 valence electrons. The summed E-state index contributed by atoms with van der Waals surface area (Å²) < 4.78 is 0. The quantitative estimate of drug-likeness (QED) is 0.891. The fourth-order valence-electron chi connectivity index (χ4n) is 3.02. The van der Waals surface area contributed by atoms with Crippen LogP contribution in [0.25, 0.3) is 0 Å². The van der Waals surface area contributed by atoms with Crippen LogP contribution >= 0.6 is 0 Å². The van der Waals surface area contributed by atoms with Gasteiger partial charge in [0.2, 0.25) is 0 Å². The smallest absolute Gasteiger partial charge is 0.0412 e. The second-order valence-corrected chi connectivity index (χ2v) is 6.12. The van der Waals surface area contributed by atoms with Crippen LogP contribution in [0.3, 0.4) is 0 Å². The molecule has 2 rings (SSSR count). The second-order valence-electron chi connectivity index (χ2n) is 6.12. The van der Waals surface area contributed by atoms with Crippen molar-refractivity contribution in [2.45, 2.75) is 39.3 Å². The lowest BCUT2D eigenvalue weighted by molar-refractivity contribution is 0.258. The Hall–Kier alpha value is -1.06. The summed E-state index contributed by atoms with van der Waals surface area (Å²) in [4.78, 5) is 4.94. The summed E-state index contributed by atoms with van der Waals surface area (Å²) in [7, 11) is 4.39. The van der Waals surface area contributed by atoms with E-state index in [0.29, 0.717) is 6.04 Å². The van der Waals surface area contributed by atoms with Crippen molar-refractivity contribution >= 4 is 5.69 Å². The van der Waals surface area contributed by atoms with Crippen LogP contribution in [0.5, 0.6) is 0 Å². The van der Waals surface area contributed by atoms with Crippen molar-refractivity contribution in [2.24, 2.45) is 0 Å². The predicted octanol–water partition coefficient (Wildman–Crippen LogP) is 2.63. The lowest BCUT2D eigenvalue weighted by atomic mass is 10.0. The number of aryl methyl sites for hydroxylation is 1. The van der Waals surface area contributed by atoms with Crippen molar-refractivity contribution in [3.63, 3.8) is 0 Å². The molecule has 1 aromatic rings. The molecule has 1 aliphatic rings. The number of piperidine rings is 1. The minimum Gasteiger partial charge on any atom is -0.370 e. The Morgan fingerprint density at radius 2 is 2.15 bits per heavy atom. The van der Waals surface area contributed by atoms with Crippen LogP contribution in [-0.4, -0.2) is 44.7 Å². The highest BCUT2D eigenvalue weighted by Gasteiger charge is 2.22. The first-order chi connectivity index (χ1) is 9.61. The summed E-state index contributed by atoms with van der Waals surface area (Å²) in [6, 6.07) is 7.55. The maximum absolute atomic E-state index is 3.47. The van der Waals surface area contributed by atoms with Crippen molar-refractivity contribution in [3.8, 4) is 0 Å². The third-order valence-corrected chi connectivity index (χ3v) is 4.27. The minimum atomic E-state index is 0.678. The van der Waals surface area contributed by atoms with Crippen molar-refractivity contribution in [1.82, 2.24) is 10.2 Å². The molecule has 0 aliphatic carbocycles. The maximum Gasteiger partial charge on any atom is 0.0412 e. The van der Waals surface area contributed by atoms with E-state index in [9.17, 15) is 0 Å². The zero-order valence-electron chi connectivity index (χ0n) is 13.4. The van der Waals surface area contributed by atoms with Gasteiger partial charge in [-0.2, -0.15) is 0 Å². The van der Waals surface area contributed by atoms with Gasteiger partial charge in [0.1, 0.15) is 0 Å². The average Bonchev–Trinajstić information content (AvgIpc) is 2.45. The lowest BCUT2D eigenvalue weighted by Crippen LogP contribution is -2.45. The van der Waals surface area contributed by atoms with Gasteiger partial charge in [-0.25, -0.2) is 0 Å². The van der Waals surface area contributed by atoms with Gasteiger partial charge >= 0.3 is 0 Å². The molecule has 1 saturated heterocycles. The average molecular weight is 275 g/mol. The molecule has 1 fully saturated rings. The molecule has 0 bridgehead atoms. The van der Waals surface area contributed by atoms with Crippen LogP contribution in [0.1, 0.15) is 30.9 Å². The van der Waals surface area contributed by atoms with E-state index in [1.165, 1.54) is 36.2 Å². The van der Waals surface area contributed by atoms with Crippen molar-refractivity contribution < 1.29 is 0 Å². The molecule has 1 atom stereocenters. The van der Waals surface area contributed by atoms with E-state index in [1.807, 2.05) is 0 Å². The molecular formula is C17H29N3. The molecule has 3 nitrogen and oxygen atoms in total. The number of rotatable bonds is 5. The van der Waals surface area contributed by atoms with E-state index < -0.39 is 0 Å². The Morgan fingerprint density at radius 3 is 2.85 bits per heavy atom. The van der Waals surface area contributed by atoms with Crippen molar-refractivity contribution in [1.29, 1.82) is 0 Å². The van der Waals surface area contributed by atoms with E-state index in [1.54, 1.807) is 0 Å². The molecule has 1 N–H and O–H groups in total. The Balaban J connectivity index is 2.17. The number of anilines is 1. The number of hydrogen-bond donors (Lipinski definition) is 1. The molecule has 1 heterocycles. The third-order valence-electron chi connectivity index (χ3n) is 4.27. The first kappa shape index (κ1) is 15.3. The summed E-state index contributed by atoms with van der Waals surface area (Å²) in [6.07, 6.45) is 2.61. The minimum absolute atomic E-state index is 0.678. The maximum atomic E-state index is 3.47. The van der Waals surface area contributed by atoms with Gasteiger partial charge in [0.15, 0.2) is 0 Å². The van der Waals surface area contributed by atoms with Crippen LogP contribution in [0.2, 0.25) is 0 Å². The Kier molecular flexibility index (Phi) is 5.44. The van der Waals surface area contributed by atoms with Crippen LogP contribution in [0.4, 0.5) is 5.69 Å². The summed E-state index contributed by atoms with van der Waals surface area (Å²) in [5.41, 5.74) is 4.21. The van der Waals surface area contributed by atoms with Gasteiger partial charge in [-0.15, -0.1) is 0 Å². The normalized spacial score (nSPS) is 19.6. The number of hydrogen-bond acceptors (Lipinski definition) is 3. The van der Waals surface area contributed by atoms with Crippen LogP contribution in [0.15, 0.2) is 18.2 Å². The predicted molar refractivity (Wildman–Crippen MR) is 87.5 cm³/mol. The molecule has 0 amide bonds. The molecular weight excluding hydrogens is 246 g/mol. The standard InChI is InChI=1S/C17H29N3/c1-5-18-12-15-11-14(2)8-9-17(15)20-10-6-7-16(13-20)19(3)4/h8-9,11,16,18H,5-7,10,12-13H2,1-4H3. The third kappa shape index (κ3) is 3.74. The van der Waals surface area contributed by atoms with E-state index in [-0.39, 0.29) is 0 Å². The van der Waals surface area contributed by atoms with Gasteiger partial charge < -0.3 is 15.1 Å². The monoisotopic (exact) mass is 275 g/mol. The number of nitrogens with zero attached hydrogens (tertiary/aromatic N) is 2. The van der Waals surface area contributed by atoms with Gasteiger partial charge in [0, 0.05) is 31.4 Å². The number of benzene rings is 1. The van der Waals surface area contributed by atoms with Gasteiger partial charge in [-0.3, -0.25) is 0 Å². The molecule has 0 spiro atoms. The summed E-state index contributed by atoms with van der Waals surface area (Å²) in [6.45, 7) is 8.67. The summed E-state index contributed by atoms with van der Waals surface area (Å²) in [5.74, 6) is 0. The summed E-state index contributed by atoms with van der Waals surface area (Å²) in [5, 5.41) is 3.47. The molecule has 1 aromatic carbocycles. The molecule has 3 heteroatoms. The second kappa shape index (κ2) is 7.09. The topological polar surface area (TPSA) is 18.5 Å². The highest BCUT2D eigenvalue weighted by molar-refractivity contribution is 5.55. The number of likely N-dealkylation sites (N-methyl/N-ethyl adjacent to an activating group) is 1. The van der Waals surface area contributed by atoms with Gasteiger partial charge in [-0.1, -0.05) is 24.6 Å². The highest BCUT2D eigenvalue weighted by atomic mass is 15.2. The van der Waals surface area contributed by atoms with Crippen LogP contribution < -0.4 is 10.2 Å². The van der Waals surface area contributed by atoms with Crippen LogP contribution in [-0.2, 0) is 6.54 Å². The first-order valence-electron chi connectivity index (χ1n) is 7.83. The Morgan fingerprint density at radius 1 is 1.35 bits per heavy atom. The van der Waals surface area contributed by atoms with E-state index in [0.717, 1.165) is 19.6 Å².